The van der Waals surface area contributed by atoms with Crippen molar-refractivity contribution in [2.75, 3.05) is 0 Å². The minimum atomic E-state index is 0.273. The maximum absolute atomic E-state index is 8.81. The number of hydrogen-bond donors (Lipinski definition) is 0. The number of nitriles is 1. The summed E-state index contributed by atoms with van der Waals surface area (Å²) in [6, 6.07) is 5.52. The maximum Gasteiger partial charge on any atom is 0.214 e. The van der Waals surface area contributed by atoms with Gasteiger partial charge in [0.15, 0.2) is 0 Å². The number of hydrogen-bond acceptors (Lipinski definition) is 3. The monoisotopic (exact) mass is 230 g/mol. The summed E-state index contributed by atoms with van der Waals surface area (Å²) >= 11 is 0. The summed E-state index contributed by atoms with van der Waals surface area (Å²) in [5.74, 6) is 1.37. The molecule has 1 aliphatic rings. The van der Waals surface area contributed by atoms with Gasteiger partial charge in [0.25, 0.3) is 0 Å². The van der Waals surface area contributed by atoms with Crippen LogP contribution in [0.4, 0.5) is 0 Å². The van der Waals surface area contributed by atoms with Crippen LogP contribution in [0.15, 0.2) is 18.3 Å². The van der Waals surface area contributed by atoms with Crippen molar-refractivity contribution in [3.63, 3.8) is 0 Å². The molecular formula is C14H18N2O. The first-order valence-electron chi connectivity index (χ1n) is 6.34. The molecule has 1 aromatic heterocycles. The minimum Gasteiger partial charge on any atom is -0.474 e. The highest BCUT2D eigenvalue weighted by molar-refractivity contribution is 5.31. The number of rotatable bonds is 3. The Hall–Kier alpha value is -1.56. The van der Waals surface area contributed by atoms with Gasteiger partial charge in [0, 0.05) is 12.3 Å². The second kappa shape index (κ2) is 5.67. The lowest BCUT2D eigenvalue weighted by molar-refractivity contribution is 0.117. The van der Waals surface area contributed by atoms with E-state index < -0.39 is 0 Å². The van der Waals surface area contributed by atoms with Crippen molar-refractivity contribution in [1.29, 1.82) is 5.26 Å². The average molecular weight is 230 g/mol. The lowest BCUT2D eigenvalue weighted by Crippen LogP contribution is -2.25. The van der Waals surface area contributed by atoms with Crippen LogP contribution in [0.1, 0.15) is 44.6 Å². The van der Waals surface area contributed by atoms with Crippen LogP contribution in [0.2, 0.25) is 0 Å². The predicted octanol–water partition coefficient (Wildman–Crippen LogP) is 3.30. The van der Waals surface area contributed by atoms with E-state index in [4.69, 9.17) is 10.00 Å². The van der Waals surface area contributed by atoms with Gasteiger partial charge in [-0.25, -0.2) is 4.98 Å². The zero-order valence-corrected chi connectivity index (χ0v) is 10.2. The summed E-state index contributed by atoms with van der Waals surface area (Å²) in [6.45, 7) is 2.24. The number of pyridine rings is 1. The van der Waals surface area contributed by atoms with Crippen LogP contribution in [0, 0.1) is 17.2 Å². The van der Waals surface area contributed by atoms with Crippen LogP contribution < -0.4 is 4.74 Å². The molecule has 1 fully saturated rings. The van der Waals surface area contributed by atoms with Gasteiger partial charge in [-0.3, -0.25) is 0 Å². The first-order chi connectivity index (χ1) is 8.31. The molecule has 0 bridgehead atoms. The third-order valence-corrected chi connectivity index (χ3v) is 3.46. The topological polar surface area (TPSA) is 45.9 Å². The van der Waals surface area contributed by atoms with Gasteiger partial charge in [-0.2, -0.15) is 5.26 Å². The lowest BCUT2D eigenvalue weighted by atomic mass is 9.85. The number of ether oxygens (including phenoxy) is 1. The summed E-state index contributed by atoms with van der Waals surface area (Å²) in [4.78, 5) is 4.16. The van der Waals surface area contributed by atoms with Crippen LogP contribution in [0.25, 0.3) is 0 Å². The van der Waals surface area contributed by atoms with Crippen molar-refractivity contribution >= 4 is 0 Å². The van der Waals surface area contributed by atoms with E-state index in [1.54, 1.807) is 18.3 Å². The van der Waals surface area contributed by atoms with E-state index in [1.807, 2.05) is 0 Å². The smallest absolute Gasteiger partial charge is 0.214 e. The molecule has 1 aliphatic carbocycles. The van der Waals surface area contributed by atoms with E-state index in [2.05, 4.69) is 18.0 Å². The highest BCUT2D eigenvalue weighted by Gasteiger charge is 2.22. The largest absolute Gasteiger partial charge is 0.474 e. The number of nitrogens with zero attached hydrogens (tertiary/aromatic N) is 2. The van der Waals surface area contributed by atoms with Gasteiger partial charge in [0.05, 0.1) is 11.6 Å². The molecule has 0 spiro atoms. The molecule has 0 saturated heterocycles. The number of aromatic nitrogens is 1. The fourth-order valence-electron chi connectivity index (χ4n) is 2.43. The van der Waals surface area contributed by atoms with E-state index in [9.17, 15) is 0 Å². The van der Waals surface area contributed by atoms with Crippen molar-refractivity contribution in [2.45, 2.75) is 45.1 Å². The zero-order chi connectivity index (χ0) is 12.1. The Kier molecular flexibility index (Phi) is 3.98. The molecule has 3 heteroatoms. The Balaban J connectivity index is 1.98. The van der Waals surface area contributed by atoms with Crippen LogP contribution in [-0.4, -0.2) is 11.1 Å². The van der Waals surface area contributed by atoms with Crippen molar-refractivity contribution in [3.05, 3.63) is 23.9 Å². The first kappa shape index (κ1) is 11.9. The molecule has 1 saturated carbocycles. The Morgan fingerprint density at radius 3 is 3.18 bits per heavy atom. The van der Waals surface area contributed by atoms with E-state index in [0.29, 0.717) is 11.4 Å². The van der Waals surface area contributed by atoms with Crippen molar-refractivity contribution < 1.29 is 4.74 Å². The quantitative estimate of drug-likeness (QED) is 0.800. The van der Waals surface area contributed by atoms with Crippen molar-refractivity contribution in [3.8, 4) is 11.9 Å². The Bertz CT molecular complexity index is 411. The summed E-state index contributed by atoms with van der Waals surface area (Å²) in [5, 5.41) is 8.81. The molecule has 2 atom stereocenters. The third kappa shape index (κ3) is 3.20. The zero-order valence-electron chi connectivity index (χ0n) is 10.2. The average Bonchev–Trinajstić information content (AvgIpc) is 2.39. The Morgan fingerprint density at radius 1 is 1.53 bits per heavy atom. The van der Waals surface area contributed by atoms with Gasteiger partial charge in [-0.15, -0.1) is 0 Å². The molecule has 2 rings (SSSR count). The van der Waals surface area contributed by atoms with Crippen LogP contribution in [-0.2, 0) is 0 Å². The molecule has 1 aromatic rings. The highest BCUT2D eigenvalue weighted by atomic mass is 16.5. The van der Waals surface area contributed by atoms with Gasteiger partial charge in [-0.1, -0.05) is 19.8 Å². The first-order valence-corrected chi connectivity index (χ1v) is 6.34. The summed E-state index contributed by atoms with van der Waals surface area (Å²) in [6.07, 6.45) is 7.92. The molecule has 1 heterocycles. The molecule has 0 N–H and O–H groups in total. The van der Waals surface area contributed by atoms with Gasteiger partial charge < -0.3 is 4.74 Å². The molecule has 2 unspecified atom stereocenters. The van der Waals surface area contributed by atoms with Gasteiger partial charge in [0.1, 0.15) is 6.10 Å². The second-order valence-electron chi connectivity index (χ2n) is 4.68. The molecule has 0 radical (unpaired) electrons. The van der Waals surface area contributed by atoms with Crippen molar-refractivity contribution in [1.82, 2.24) is 4.98 Å². The Labute approximate surface area is 102 Å². The molecule has 0 aliphatic heterocycles. The summed E-state index contributed by atoms with van der Waals surface area (Å²) < 4.78 is 5.87. The molecule has 0 aromatic carbocycles. The van der Waals surface area contributed by atoms with E-state index >= 15 is 0 Å². The highest BCUT2D eigenvalue weighted by Crippen LogP contribution is 2.29. The third-order valence-electron chi connectivity index (χ3n) is 3.46. The van der Waals surface area contributed by atoms with Crippen molar-refractivity contribution in [2.24, 2.45) is 5.92 Å². The van der Waals surface area contributed by atoms with Crippen LogP contribution >= 0.6 is 0 Å². The lowest BCUT2D eigenvalue weighted by Gasteiger charge is -2.28. The molecular weight excluding hydrogens is 212 g/mol. The maximum atomic E-state index is 8.81. The fraction of sp³-hybridized carbons (Fsp3) is 0.571. The molecule has 0 amide bonds. The summed E-state index contributed by atoms with van der Waals surface area (Å²) in [7, 11) is 0. The van der Waals surface area contributed by atoms with E-state index in [1.165, 1.54) is 19.3 Å². The van der Waals surface area contributed by atoms with E-state index in [0.717, 1.165) is 18.8 Å². The molecule has 90 valence electrons. The van der Waals surface area contributed by atoms with Crippen LogP contribution in [0.3, 0.4) is 0 Å². The van der Waals surface area contributed by atoms with Gasteiger partial charge in [0.2, 0.25) is 5.88 Å². The second-order valence-corrected chi connectivity index (χ2v) is 4.68. The SMILES string of the molecule is CCC1CCCC(Oc2cc(C#N)ccn2)C1. The normalized spacial score (nSPS) is 24.0. The van der Waals surface area contributed by atoms with Gasteiger partial charge in [-0.05, 0) is 31.2 Å². The Morgan fingerprint density at radius 2 is 2.41 bits per heavy atom. The fourth-order valence-corrected chi connectivity index (χ4v) is 2.43. The van der Waals surface area contributed by atoms with Crippen LogP contribution in [0.5, 0.6) is 5.88 Å². The minimum absolute atomic E-state index is 0.273. The standard InChI is InChI=1S/C14H18N2O/c1-2-11-4-3-5-13(8-11)17-14-9-12(10-15)6-7-16-14/h6-7,9,11,13H,2-5,8H2,1H3. The molecule has 3 nitrogen and oxygen atoms in total. The predicted molar refractivity (Wildman–Crippen MR) is 65.6 cm³/mol. The van der Waals surface area contributed by atoms with Gasteiger partial charge >= 0.3 is 0 Å². The summed E-state index contributed by atoms with van der Waals surface area (Å²) in [5.41, 5.74) is 0.609. The van der Waals surface area contributed by atoms with E-state index in [-0.39, 0.29) is 6.10 Å². The molecule has 17 heavy (non-hydrogen) atoms.